The normalized spacial score (nSPS) is 11.7. The molecule has 0 aliphatic carbocycles. The van der Waals surface area contributed by atoms with Gasteiger partial charge in [-0.3, -0.25) is 10.2 Å². The molecule has 0 saturated heterocycles. The van der Waals surface area contributed by atoms with Crippen molar-refractivity contribution in [2.45, 2.75) is 37.7 Å². The number of imidazole rings is 1. The second-order valence-electron chi connectivity index (χ2n) is 6.59. The summed E-state index contributed by atoms with van der Waals surface area (Å²) in [6.45, 7) is 7.25. The van der Waals surface area contributed by atoms with Crippen molar-refractivity contribution in [3.05, 3.63) is 52.6 Å². The first-order valence-corrected chi connectivity index (χ1v) is 11.1. The van der Waals surface area contributed by atoms with E-state index in [9.17, 15) is 13.2 Å². The maximum absolute atomic E-state index is 12.7. The van der Waals surface area contributed by atoms with E-state index in [1.165, 1.54) is 11.8 Å². The van der Waals surface area contributed by atoms with Crippen molar-refractivity contribution in [2.75, 3.05) is 5.75 Å². The molecule has 9 heteroatoms. The number of carbonyl (C=O) groups excluding carboxylic acids is 1. The molecular weight excluding hydrogens is 396 g/mol. The number of fused-ring (bicyclic) bond motifs is 1. The smallest absolute Gasteiger partial charge is 0.257 e. The van der Waals surface area contributed by atoms with E-state index < -0.39 is 15.9 Å². The first kappa shape index (κ1) is 20.4. The van der Waals surface area contributed by atoms with Crippen LogP contribution in [-0.2, 0) is 14.8 Å². The van der Waals surface area contributed by atoms with Crippen molar-refractivity contribution in [3.63, 3.8) is 0 Å². The molecule has 3 rings (SSSR count). The zero-order chi connectivity index (χ0) is 20.5. The summed E-state index contributed by atoms with van der Waals surface area (Å²) in [5.41, 5.74) is 7.08. The van der Waals surface area contributed by atoms with Gasteiger partial charge in [-0.25, -0.2) is 13.4 Å². The maximum Gasteiger partial charge on any atom is 0.257 e. The largest absolute Gasteiger partial charge is 0.333 e. The molecule has 148 valence electrons. The second kappa shape index (κ2) is 7.94. The molecule has 1 heterocycles. The van der Waals surface area contributed by atoms with Gasteiger partial charge in [0.15, 0.2) is 5.16 Å². The third-order valence-corrected chi connectivity index (χ3v) is 6.99. The number of sulfonamides is 1. The topological polar surface area (TPSA) is 104 Å². The van der Waals surface area contributed by atoms with Crippen LogP contribution >= 0.6 is 11.8 Å². The number of hydrogen-bond acceptors (Lipinski definition) is 5. The Kier molecular flexibility index (Phi) is 5.78. The molecule has 0 bridgehead atoms. The van der Waals surface area contributed by atoms with Crippen molar-refractivity contribution >= 4 is 38.7 Å². The van der Waals surface area contributed by atoms with Gasteiger partial charge in [-0.1, -0.05) is 30.0 Å². The van der Waals surface area contributed by atoms with Crippen LogP contribution in [-0.4, -0.2) is 30.0 Å². The van der Waals surface area contributed by atoms with Crippen LogP contribution in [0.25, 0.3) is 11.0 Å². The number of carbonyl (C=O) groups is 1. The van der Waals surface area contributed by atoms with Crippen LogP contribution in [0.3, 0.4) is 0 Å². The van der Waals surface area contributed by atoms with Crippen LogP contribution < -0.4 is 10.3 Å². The van der Waals surface area contributed by atoms with Gasteiger partial charge < -0.3 is 4.98 Å². The van der Waals surface area contributed by atoms with E-state index in [0.717, 1.165) is 22.2 Å². The first-order valence-electron chi connectivity index (χ1n) is 8.64. The van der Waals surface area contributed by atoms with Crippen molar-refractivity contribution in [3.8, 4) is 0 Å². The van der Waals surface area contributed by atoms with E-state index in [2.05, 4.69) is 20.2 Å². The predicted molar refractivity (Wildman–Crippen MR) is 111 cm³/mol. The fourth-order valence-corrected chi connectivity index (χ4v) is 5.09. The highest BCUT2D eigenvalue weighted by molar-refractivity contribution is 7.99. The predicted octanol–water partition coefficient (Wildman–Crippen LogP) is 2.90. The molecular formula is C19H22N4O3S2. The van der Waals surface area contributed by atoms with Gasteiger partial charge in [-0.2, -0.15) is 0 Å². The average Bonchev–Trinajstić information content (AvgIpc) is 3.06. The Labute approximate surface area is 168 Å². The lowest BCUT2D eigenvalue weighted by Gasteiger charge is -2.16. The summed E-state index contributed by atoms with van der Waals surface area (Å²) in [5, 5.41) is 0.597. The zero-order valence-electron chi connectivity index (χ0n) is 16.1. The van der Waals surface area contributed by atoms with Gasteiger partial charge in [-0.05, 0) is 62.1 Å². The van der Waals surface area contributed by atoms with Gasteiger partial charge in [0, 0.05) is 0 Å². The number of aromatic amines is 1. The molecule has 0 aliphatic heterocycles. The number of para-hydroxylation sites is 2. The van der Waals surface area contributed by atoms with E-state index in [-0.39, 0.29) is 10.6 Å². The summed E-state index contributed by atoms with van der Waals surface area (Å²) < 4.78 is 25.4. The number of aromatic nitrogens is 2. The van der Waals surface area contributed by atoms with Crippen molar-refractivity contribution in [1.82, 2.24) is 20.2 Å². The Morgan fingerprint density at radius 2 is 1.75 bits per heavy atom. The minimum Gasteiger partial charge on any atom is -0.333 e. The molecule has 7 nitrogen and oxygen atoms in total. The van der Waals surface area contributed by atoms with Crippen LogP contribution in [0.5, 0.6) is 0 Å². The van der Waals surface area contributed by atoms with Crippen molar-refractivity contribution < 1.29 is 13.2 Å². The van der Waals surface area contributed by atoms with Crippen LogP contribution in [0.15, 0.2) is 40.4 Å². The maximum atomic E-state index is 12.7. The summed E-state index contributed by atoms with van der Waals surface area (Å²) in [4.78, 5) is 22.0. The number of H-pyrrole nitrogens is 1. The number of rotatable bonds is 6. The summed E-state index contributed by atoms with van der Waals surface area (Å²) in [6, 6.07) is 9.50. The zero-order valence-corrected chi connectivity index (χ0v) is 17.7. The van der Waals surface area contributed by atoms with Crippen LogP contribution in [0.4, 0.5) is 0 Å². The highest BCUT2D eigenvalue weighted by Gasteiger charge is 2.22. The lowest BCUT2D eigenvalue weighted by molar-refractivity contribution is -0.119. The number of benzene rings is 2. The fraction of sp³-hybridized carbons (Fsp3) is 0.263. The molecule has 1 aromatic heterocycles. The highest BCUT2D eigenvalue weighted by atomic mass is 32.2. The summed E-state index contributed by atoms with van der Waals surface area (Å²) in [6.07, 6.45) is 0. The monoisotopic (exact) mass is 418 g/mol. The molecule has 0 radical (unpaired) electrons. The van der Waals surface area contributed by atoms with E-state index in [1.54, 1.807) is 13.8 Å². The Morgan fingerprint density at radius 1 is 1.11 bits per heavy atom. The molecule has 2 aromatic carbocycles. The molecule has 3 aromatic rings. The molecule has 28 heavy (non-hydrogen) atoms. The Hall–Kier alpha value is -2.36. The number of nitrogens with zero attached hydrogens (tertiary/aromatic N) is 1. The molecule has 1 amide bonds. The van der Waals surface area contributed by atoms with Crippen LogP contribution in [0.2, 0.25) is 0 Å². The number of amides is 1. The lowest BCUT2D eigenvalue weighted by Crippen LogP contribution is -2.43. The van der Waals surface area contributed by atoms with E-state index in [4.69, 9.17) is 0 Å². The van der Waals surface area contributed by atoms with E-state index in [0.29, 0.717) is 16.3 Å². The molecule has 0 fully saturated rings. The van der Waals surface area contributed by atoms with E-state index >= 15 is 0 Å². The van der Waals surface area contributed by atoms with Gasteiger partial charge in [0.2, 0.25) is 5.91 Å². The van der Waals surface area contributed by atoms with Gasteiger partial charge in [0.25, 0.3) is 10.0 Å². The van der Waals surface area contributed by atoms with Crippen molar-refractivity contribution in [1.29, 1.82) is 0 Å². The van der Waals surface area contributed by atoms with Gasteiger partial charge >= 0.3 is 0 Å². The third kappa shape index (κ3) is 4.21. The molecule has 3 N–H and O–H groups in total. The van der Waals surface area contributed by atoms with Crippen molar-refractivity contribution in [2.24, 2.45) is 0 Å². The Balaban J connectivity index is 1.65. The molecule has 0 aliphatic rings. The number of thioether (sulfide) groups is 1. The number of nitrogens with one attached hydrogen (secondary N) is 3. The standard InChI is InChI=1S/C19H22N4O3S2/c1-11-9-12(2)14(4)18(13(11)3)28(25,26)23-22-17(24)10-27-19-20-15-7-5-6-8-16(15)21-19/h5-9,23H,10H2,1-4H3,(H,20,21)(H,22,24). The fourth-order valence-electron chi connectivity index (χ4n) is 2.93. The highest BCUT2D eigenvalue weighted by Crippen LogP contribution is 2.25. The quantitative estimate of drug-likeness (QED) is 0.422. The Morgan fingerprint density at radius 3 is 2.39 bits per heavy atom. The summed E-state index contributed by atoms with van der Waals surface area (Å²) in [7, 11) is -3.88. The van der Waals surface area contributed by atoms with Gasteiger partial charge in [0.1, 0.15) is 0 Å². The Bertz CT molecular complexity index is 1090. The van der Waals surface area contributed by atoms with E-state index in [1.807, 2.05) is 44.2 Å². The lowest BCUT2D eigenvalue weighted by atomic mass is 10.0. The number of hydrogen-bond donors (Lipinski definition) is 3. The van der Waals surface area contributed by atoms with Crippen LogP contribution in [0.1, 0.15) is 22.3 Å². The molecule has 0 atom stereocenters. The minimum atomic E-state index is -3.88. The SMILES string of the molecule is Cc1cc(C)c(C)c(S(=O)(=O)NNC(=O)CSc2nc3ccccc3[nH]2)c1C. The molecule has 0 unspecified atom stereocenters. The molecule has 0 spiro atoms. The average molecular weight is 419 g/mol. The van der Waals surface area contributed by atoms with Gasteiger partial charge in [0.05, 0.1) is 21.7 Å². The first-order chi connectivity index (χ1) is 13.2. The third-order valence-electron chi connectivity index (χ3n) is 4.60. The number of aryl methyl sites for hydroxylation is 2. The minimum absolute atomic E-state index is 0.0210. The molecule has 0 saturated carbocycles. The van der Waals surface area contributed by atoms with Gasteiger partial charge in [-0.15, -0.1) is 4.83 Å². The summed E-state index contributed by atoms with van der Waals surface area (Å²) in [5.74, 6) is -0.443. The van der Waals surface area contributed by atoms with Crippen LogP contribution in [0, 0.1) is 27.7 Å². The second-order valence-corrected chi connectivity index (χ2v) is 9.17. The number of hydrazine groups is 1. The summed E-state index contributed by atoms with van der Waals surface area (Å²) >= 11 is 1.20.